The molecule has 2 unspecified atom stereocenters. The van der Waals surface area contributed by atoms with Crippen molar-refractivity contribution in [1.82, 2.24) is 14.9 Å². The molecule has 0 radical (unpaired) electrons. The van der Waals surface area contributed by atoms with Gasteiger partial charge in [-0.25, -0.2) is 4.98 Å². The average molecular weight is 225 g/mol. The van der Waals surface area contributed by atoms with E-state index in [2.05, 4.69) is 17.2 Å². The maximum Gasteiger partial charge on any atom is 0.125 e. The lowest BCUT2D eigenvalue weighted by Gasteiger charge is -2.21. The number of nitrogens with one attached hydrogen (secondary N) is 1. The number of rotatable bonds is 6. The lowest BCUT2D eigenvalue weighted by atomic mass is 10.1. The number of aromatic nitrogens is 2. The molecule has 0 saturated carbocycles. The lowest BCUT2D eigenvalue weighted by molar-refractivity contribution is 0.119. The van der Waals surface area contributed by atoms with Gasteiger partial charge >= 0.3 is 0 Å². The van der Waals surface area contributed by atoms with Crippen LogP contribution in [-0.4, -0.2) is 27.3 Å². The molecule has 1 aromatic heterocycles. The summed E-state index contributed by atoms with van der Waals surface area (Å²) in [5.74, 6) is 1.31. The summed E-state index contributed by atoms with van der Waals surface area (Å²) in [7, 11) is 1.99. The van der Waals surface area contributed by atoms with Crippen LogP contribution in [0.2, 0.25) is 0 Å². The van der Waals surface area contributed by atoms with Crippen LogP contribution in [0.15, 0.2) is 12.4 Å². The first kappa shape index (κ1) is 13.2. The van der Waals surface area contributed by atoms with Gasteiger partial charge in [-0.15, -0.1) is 0 Å². The Morgan fingerprint density at radius 3 is 2.62 bits per heavy atom. The molecule has 92 valence electrons. The Kier molecular flexibility index (Phi) is 4.96. The van der Waals surface area contributed by atoms with E-state index in [0.717, 1.165) is 12.2 Å². The van der Waals surface area contributed by atoms with Crippen molar-refractivity contribution in [2.75, 3.05) is 6.54 Å². The molecule has 16 heavy (non-hydrogen) atoms. The zero-order chi connectivity index (χ0) is 12.1. The number of imidazole rings is 1. The molecule has 1 aromatic rings. The quantitative estimate of drug-likeness (QED) is 0.771. The number of hydrogen-bond acceptors (Lipinski definition) is 3. The normalized spacial score (nSPS) is 15.4. The van der Waals surface area contributed by atoms with Gasteiger partial charge < -0.3 is 15.0 Å². The number of aliphatic hydroxyl groups is 1. The van der Waals surface area contributed by atoms with E-state index in [0.29, 0.717) is 6.54 Å². The number of aliphatic hydroxyl groups excluding tert-OH is 1. The van der Waals surface area contributed by atoms with Crippen molar-refractivity contribution in [3.8, 4) is 0 Å². The zero-order valence-corrected chi connectivity index (χ0v) is 10.6. The fourth-order valence-corrected chi connectivity index (χ4v) is 1.63. The van der Waals surface area contributed by atoms with E-state index in [9.17, 15) is 5.11 Å². The molecule has 0 aliphatic heterocycles. The van der Waals surface area contributed by atoms with Gasteiger partial charge in [0.1, 0.15) is 5.82 Å². The fourth-order valence-electron chi connectivity index (χ4n) is 1.63. The fraction of sp³-hybridized carbons (Fsp3) is 0.750. The first-order valence-electron chi connectivity index (χ1n) is 5.94. The molecule has 1 rings (SSSR count). The highest BCUT2D eigenvalue weighted by molar-refractivity contribution is 4.98. The number of aryl methyl sites for hydroxylation is 1. The van der Waals surface area contributed by atoms with Gasteiger partial charge in [-0.3, -0.25) is 0 Å². The smallest absolute Gasteiger partial charge is 0.125 e. The third-order valence-electron chi connectivity index (χ3n) is 2.92. The second-order valence-electron chi connectivity index (χ2n) is 4.58. The van der Waals surface area contributed by atoms with Gasteiger partial charge in [0.15, 0.2) is 0 Å². The minimum atomic E-state index is -0.297. The SMILES string of the molecule is CCC(NCC(O)C(C)C)c1nccn1C. The van der Waals surface area contributed by atoms with E-state index >= 15 is 0 Å². The predicted molar refractivity (Wildman–Crippen MR) is 65.1 cm³/mol. The Morgan fingerprint density at radius 1 is 1.50 bits per heavy atom. The van der Waals surface area contributed by atoms with E-state index in [1.54, 1.807) is 6.20 Å². The molecule has 2 atom stereocenters. The van der Waals surface area contributed by atoms with Crippen LogP contribution in [0.3, 0.4) is 0 Å². The Labute approximate surface area is 97.7 Å². The van der Waals surface area contributed by atoms with Crippen LogP contribution in [0, 0.1) is 5.92 Å². The van der Waals surface area contributed by atoms with E-state index in [4.69, 9.17) is 0 Å². The summed E-state index contributed by atoms with van der Waals surface area (Å²) < 4.78 is 2.02. The van der Waals surface area contributed by atoms with Crippen molar-refractivity contribution in [2.24, 2.45) is 13.0 Å². The highest BCUT2D eigenvalue weighted by atomic mass is 16.3. The standard InChI is InChI=1S/C12H23N3O/c1-5-10(12-13-6-7-15(12)4)14-8-11(16)9(2)3/h6-7,9-11,14,16H,5,8H2,1-4H3. The van der Waals surface area contributed by atoms with Crippen LogP contribution in [0.4, 0.5) is 0 Å². The molecule has 0 aliphatic carbocycles. The van der Waals surface area contributed by atoms with Crippen molar-refractivity contribution < 1.29 is 5.11 Å². The number of nitrogens with zero attached hydrogens (tertiary/aromatic N) is 2. The van der Waals surface area contributed by atoms with Gasteiger partial charge in [0.25, 0.3) is 0 Å². The maximum atomic E-state index is 9.75. The van der Waals surface area contributed by atoms with Crippen LogP contribution in [0.5, 0.6) is 0 Å². The first-order chi connectivity index (χ1) is 7.56. The summed E-state index contributed by atoms with van der Waals surface area (Å²) in [6.45, 7) is 6.78. The summed E-state index contributed by atoms with van der Waals surface area (Å²) in [5, 5.41) is 13.1. The maximum absolute atomic E-state index is 9.75. The van der Waals surface area contributed by atoms with Gasteiger partial charge in [-0.1, -0.05) is 20.8 Å². The zero-order valence-electron chi connectivity index (χ0n) is 10.6. The van der Waals surface area contributed by atoms with Gasteiger partial charge in [-0.05, 0) is 12.3 Å². The molecule has 0 amide bonds. The Hall–Kier alpha value is -0.870. The molecule has 0 aromatic carbocycles. The van der Waals surface area contributed by atoms with E-state index < -0.39 is 0 Å². The van der Waals surface area contributed by atoms with E-state index in [1.807, 2.05) is 31.7 Å². The topological polar surface area (TPSA) is 50.1 Å². The second kappa shape index (κ2) is 6.01. The van der Waals surface area contributed by atoms with Crippen LogP contribution in [0.25, 0.3) is 0 Å². The van der Waals surface area contributed by atoms with Gasteiger partial charge in [0.05, 0.1) is 12.1 Å². The molecule has 1 heterocycles. The van der Waals surface area contributed by atoms with Crippen LogP contribution >= 0.6 is 0 Å². The predicted octanol–water partition coefficient (Wildman–Crippen LogP) is 1.48. The van der Waals surface area contributed by atoms with Crippen molar-refractivity contribution in [1.29, 1.82) is 0 Å². The van der Waals surface area contributed by atoms with Crippen molar-refractivity contribution in [3.05, 3.63) is 18.2 Å². The molecule has 2 N–H and O–H groups in total. The summed E-state index contributed by atoms with van der Waals surface area (Å²) in [5.41, 5.74) is 0. The van der Waals surface area contributed by atoms with Gasteiger partial charge in [0, 0.05) is 26.0 Å². The summed E-state index contributed by atoms with van der Waals surface area (Å²) in [6, 6.07) is 0.216. The van der Waals surface area contributed by atoms with Crippen molar-refractivity contribution >= 4 is 0 Å². The lowest BCUT2D eigenvalue weighted by Crippen LogP contribution is -2.34. The Morgan fingerprint density at radius 2 is 2.19 bits per heavy atom. The van der Waals surface area contributed by atoms with Crippen LogP contribution in [0.1, 0.15) is 39.1 Å². The highest BCUT2D eigenvalue weighted by Crippen LogP contribution is 2.14. The third kappa shape index (κ3) is 3.32. The minimum Gasteiger partial charge on any atom is -0.392 e. The molecular formula is C12H23N3O. The molecule has 0 saturated heterocycles. The Bertz CT molecular complexity index is 309. The third-order valence-corrected chi connectivity index (χ3v) is 2.92. The van der Waals surface area contributed by atoms with E-state index in [1.165, 1.54) is 0 Å². The number of hydrogen-bond donors (Lipinski definition) is 2. The molecule has 0 aliphatic rings. The van der Waals surface area contributed by atoms with Gasteiger partial charge in [-0.2, -0.15) is 0 Å². The van der Waals surface area contributed by atoms with E-state index in [-0.39, 0.29) is 18.1 Å². The monoisotopic (exact) mass is 225 g/mol. The summed E-state index contributed by atoms with van der Waals surface area (Å²) >= 11 is 0. The highest BCUT2D eigenvalue weighted by Gasteiger charge is 2.16. The molecule has 4 heteroatoms. The van der Waals surface area contributed by atoms with Crippen molar-refractivity contribution in [3.63, 3.8) is 0 Å². The molecule has 0 bridgehead atoms. The molecule has 4 nitrogen and oxygen atoms in total. The first-order valence-corrected chi connectivity index (χ1v) is 5.94. The summed E-state index contributed by atoms with van der Waals surface area (Å²) in [6.07, 6.45) is 4.42. The molecular weight excluding hydrogens is 202 g/mol. The molecule has 0 fully saturated rings. The van der Waals surface area contributed by atoms with Crippen molar-refractivity contribution in [2.45, 2.75) is 39.3 Å². The minimum absolute atomic E-state index is 0.216. The second-order valence-corrected chi connectivity index (χ2v) is 4.58. The Balaban J connectivity index is 2.54. The van der Waals surface area contributed by atoms with Crippen LogP contribution in [-0.2, 0) is 7.05 Å². The van der Waals surface area contributed by atoms with Gasteiger partial charge in [0.2, 0.25) is 0 Å². The molecule has 0 spiro atoms. The largest absolute Gasteiger partial charge is 0.392 e. The summed E-state index contributed by atoms with van der Waals surface area (Å²) in [4.78, 5) is 4.33. The average Bonchev–Trinajstić information content (AvgIpc) is 2.65. The van der Waals surface area contributed by atoms with Crippen LogP contribution < -0.4 is 5.32 Å².